The molecule has 1 atom stereocenters. The normalized spacial score (nSPS) is 12.9. The summed E-state index contributed by atoms with van der Waals surface area (Å²) in [5.41, 5.74) is 36.4. The van der Waals surface area contributed by atoms with Gasteiger partial charge in [-0.1, -0.05) is 468 Å². The first-order valence-electron chi connectivity index (χ1n) is 53.3. The first kappa shape index (κ1) is 149. The molecule has 0 fully saturated rings. The third-order valence-corrected chi connectivity index (χ3v) is 31.0. The van der Waals surface area contributed by atoms with Crippen molar-refractivity contribution in [3.63, 3.8) is 0 Å². The average Bonchev–Trinajstić information content (AvgIpc) is 1.58. The Kier molecular flexibility index (Phi) is 71.3. The molecule has 4 nitrogen and oxygen atoms in total. The standard InChI is InChI=1S/C36H48O.C32H40O.2C31H38O.12CH3.4Ti/c1-7-9-11-15-21-36(22-16-12-10-8-2)31-18-14-13-17-28(31)29-20-19-27(25-32(29)36)30-23-26(3)24-33(34(30)37)35(4,5)6;1-4-6-8-12-20-32(21-13-9-7-5-2)29-15-11-10-14-26(29)27-18-17-25(23-30(27)32)28-22-24(3)16-19-31(28)33;1-4-6-8-12-20-31(19-11-7-5-2)28-14-10-9-13-25(28)26-17-16-24(22-29(26)31)27-21-23(3)15-18-30(27)32;1-3-5-7-13-21-31(22-14-8-6-4-2)28-17-11-9-16-26(28)27-20-19-24(23-29(27)31)25-15-10-12-18-30(25)32;;;;;;;;;;;;;;;;/h13-14,17-20,23-25,37H,7-12,15-16,21-22H2,1-6H3;10-11,14-19,22-23,33H,4-9,12-13,20-21H2,1-3H3;9-10,13-18,21-22,32H,4-8,11-12,19-20H2,1-3H3;9-12,15-20,23,32H,3-8,13-14,21-22H2,1-2H3;12*1H3;;;;/q;;;;12*-1;4*+3. The van der Waals surface area contributed by atoms with Crippen molar-refractivity contribution in [1.29, 1.82) is 0 Å². The van der Waals surface area contributed by atoms with Crippen LogP contribution in [0.1, 0.15) is 393 Å². The zero-order valence-corrected chi connectivity index (χ0v) is 105. The summed E-state index contributed by atoms with van der Waals surface area (Å²) in [5, 5.41) is 43.2. The van der Waals surface area contributed by atoms with Crippen LogP contribution in [-0.2, 0) is 114 Å². The van der Waals surface area contributed by atoms with Gasteiger partial charge in [0.05, 0.1) is 0 Å². The number of para-hydroxylation sites is 1. The van der Waals surface area contributed by atoms with E-state index in [1.807, 2.05) is 42.5 Å². The molecule has 0 amide bonds. The number of fused-ring (bicyclic) bond motifs is 12. The van der Waals surface area contributed by atoms with Crippen molar-refractivity contribution in [3.8, 4) is 112 Å². The van der Waals surface area contributed by atoms with Crippen molar-refractivity contribution < 1.29 is 107 Å². The second-order valence-corrected chi connectivity index (χ2v) is 41.7. The van der Waals surface area contributed by atoms with E-state index in [1.165, 1.54) is 356 Å². The molecule has 12 aromatic rings. The molecule has 0 aliphatic heterocycles. The van der Waals surface area contributed by atoms with Gasteiger partial charge in [-0.05, 0) is 255 Å². The fourth-order valence-electron chi connectivity index (χ4n) is 23.8. The molecule has 1 unspecified atom stereocenters. The van der Waals surface area contributed by atoms with E-state index in [0.717, 1.165) is 50.1 Å². The van der Waals surface area contributed by atoms with Crippen LogP contribution in [-0.4, -0.2) is 20.4 Å². The average molecular weight is 2160 g/mol. The molecule has 4 radical (unpaired) electrons. The number of aryl methyl sites for hydroxylation is 3. The van der Waals surface area contributed by atoms with E-state index in [9.17, 15) is 20.4 Å². The van der Waals surface area contributed by atoms with Gasteiger partial charge in [0.2, 0.25) is 0 Å². The van der Waals surface area contributed by atoms with Gasteiger partial charge in [-0.3, -0.25) is 0 Å². The van der Waals surface area contributed by atoms with Gasteiger partial charge in [0.25, 0.3) is 0 Å². The van der Waals surface area contributed by atoms with Crippen LogP contribution in [0.2, 0.25) is 0 Å². The van der Waals surface area contributed by atoms with E-state index < -0.39 is 0 Å². The minimum absolute atomic E-state index is 0. The maximum atomic E-state index is 11.5. The number of phenols is 4. The fourth-order valence-corrected chi connectivity index (χ4v) is 23.8. The van der Waals surface area contributed by atoms with Gasteiger partial charge in [-0.25, -0.2) is 0 Å². The molecule has 0 bridgehead atoms. The Bertz CT molecular complexity index is 5790. The molecule has 0 saturated heterocycles. The Labute approximate surface area is 983 Å². The Hall–Kier alpha value is -7.30. The van der Waals surface area contributed by atoms with Crippen molar-refractivity contribution in [3.05, 3.63) is 399 Å². The number of rotatable bonds is 43. The summed E-state index contributed by atoms with van der Waals surface area (Å²) in [6.45, 7) is 31.2. The first-order chi connectivity index (χ1) is 65.1. The van der Waals surface area contributed by atoms with Crippen LogP contribution >= 0.6 is 0 Å². The van der Waals surface area contributed by atoms with E-state index in [4.69, 9.17) is 0 Å². The molecule has 4 aliphatic carbocycles. The summed E-state index contributed by atoms with van der Waals surface area (Å²) in [5.74, 6) is 1.53. The van der Waals surface area contributed by atoms with Gasteiger partial charge < -0.3 is 110 Å². The minimum atomic E-state index is -0.111. The van der Waals surface area contributed by atoms with Crippen molar-refractivity contribution in [2.24, 2.45) is 0 Å². The van der Waals surface area contributed by atoms with E-state index in [1.54, 1.807) is 6.07 Å². The molecular formula is C142H200O4Ti4. The van der Waals surface area contributed by atoms with Crippen LogP contribution in [0, 0.1) is 110 Å². The Morgan fingerprint density at radius 2 is 0.387 bits per heavy atom. The molecule has 12 aromatic carbocycles. The van der Waals surface area contributed by atoms with E-state index in [-0.39, 0.29) is 203 Å². The summed E-state index contributed by atoms with van der Waals surface area (Å²) < 4.78 is 0. The second kappa shape index (κ2) is 71.8. The van der Waals surface area contributed by atoms with Crippen molar-refractivity contribution >= 4 is 0 Å². The smallest absolute Gasteiger partial charge is 0.507 e. The second-order valence-electron chi connectivity index (χ2n) is 41.7. The van der Waals surface area contributed by atoms with Crippen molar-refractivity contribution in [2.45, 2.75) is 374 Å². The molecule has 0 saturated carbocycles. The summed E-state index contributed by atoms with van der Waals surface area (Å²) in [4.78, 5) is 0. The van der Waals surface area contributed by atoms with Gasteiger partial charge in [0.15, 0.2) is 0 Å². The number of hydrogen-bond acceptors (Lipinski definition) is 4. The summed E-state index contributed by atoms with van der Waals surface area (Å²) in [6.07, 6.45) is 49.6. The van der Waals surface area contributed by atoms with Gasteiger partial charge in [0, 0.05) is 49.5 Å². The number of unbranched alkanes of at least 4 members (excludes halogenated alkanes) is 23. The van der Waals surface area contributed by atoms with Crippen LogP contribution in [0.5, 0.6) is 23.0 Å². The zero-order chi connectivity index (χ0) is 94.8. The van der Waals surface area contributed by atoms with Crippen LogP contribution in [0.15, 0.2) is 243 Å². The SMILES string of the molecule is CCCCCCC1(CCCCC)c2ccccc2-c2ccc(-c3cc(C)ccc3O)cc21.CCCCCCC1(CCCCCC)c2ccccc2-c2ccc(-c3cc(C)cc(C(C)(C)C)c3O)cc21.CCCCCCC1(CCCCCC)c2ccccc2-c2ccc(-c3cc(C)ccc3O)cc21.CCCCCCC1(CCCCCC)c2ccccc2-c2ccc(-c3ccccc3O)cc21.[CH3-].[CH3-].[CH3-].[CH3-].[CH3-].[CH3-].[CH3-].[CH3-].[CH3-].[CH3-].[CH3-].[CH3-].[Ti+3].[Ti+3].[Ti+3].[Ti+3]. The predicted molar refractivity (Wildman–Crippen MR) is 654 cm³/mol. The van der Waals surface area contributed by atoms with Crippen LogP contribution in [0.4, 0.5) is 0 Å². The van der Waals surface area contributed by atoms with E-state index >= 15 is 0 Å². The quantitative estimate of drug-likeness (QED) is 0.0174. The van der Waals surface area contributed by atoms with Gasteiger partial charge in [-0.15, -0.1) is 0 Å². The molecule has 16 rings (SSSR count). The predicted octanol–water partition coefficient (Wildman–Crippen LogP) is 44.3. The van der Waals surface area contributed by atoms with Crippen LogP contribution in [0.3, 0.4) is 0 Å². The van der Waals surface area contributed by atoms with Gasteiger partial charge >= 0.3 is 86.9 Å². The van der Waals surface area contributed by atoms with Crippen LogP contribution in [0.25, 0.3) is 89.0 Å². The van der Waals surface area contributed by atoms with Gasteiger partial charge in [-0.2, -0.15) is 0 Å². The molecular weight excluding hydrogens is 1960 g/mol. The van der Waals surface area contributed by atoms with E-state index in [0.29, 0.717) is 23.0 Å². The van der Waals surface area contributed by atoms with Crippen molar-refractivity contribution in [2.75, 3.05) is 0 Å². The molecule has 0 spiro atoms. The minimum Gasteiger partial charge on any atom is -0.507 e. The summed E-state index contributed by atoms with van der Waals surface area (Å²) in [7, 11) is 0. The monoisotopic (exact) mass is 2160 g/mol. The Balaban J connectivity index is -0.000000916. The molecule has 8 heteroatoms. The number of hydrogen-bond donors (Lipinski definition) is 4. The third-order valence-electron chi connectivity index (χ3n) is 31.0. The third kappa shape index (κ3) is 34.4. The fraction of sp³-hybridized carbons (Fsp3) is 0.408. The summed E-state index contributed by atoms with van der Waals surface area (Å²) >= 11 is 0. The number of phenolic OH excluding ortho intramolecular Hbond substituents is 4. The van der Waals surface area contributed by atoms with Gasteiger partial charge in [0.1, 0.15) is 23.0 Å². The topological polar surface area (TPSA) is 80.9 Å². The maximum absolute atomic E-state index is 11.5. The summed E-state index contributed by atoms with van der Waals surface area (Å²) in [6, 6.07) is 88.1. The zero-order valence-electron chi connectivity index (χ0n) is 99.0. The van der Waals surface area contributed by atoms with Crippen LogP contribution < -0.4 is 0 Å². The Morgan fingerprint density at radius 1 is 0.187 bits per heavy atom. The number of benzene rings is 12. The molecule has 0 aromatic heterocycles. The molecule has 150 heavy (non-hydrogen) atoms. The van der Waals surface area contributed by atoms with E-state index in [2.05, 4.69) is 291 Å². The Morgan fingerprint density at radius 3 is 0.633 bits per heavy atom. The molecule has 0 heterocycles. The number of aromatic hydroxyl groups is 4. The molecule has 4 N–H and O–H groups in total. The first-order valence-corrected chi connectivity index (χ1v) is 53.3. The maximum Gasteiger partial charge on any atom is 3.00 e. The molecule has 4 aliphatic rings. The molecule has 808 valence electrons. The largest absolute Gasteiger partial charge is 3.00 e. The van der Waals surface area contributed by atoms with Crippen molar-refractivity contribution in [1.82, 2.24) is 0 Å².